The van der Waals surface area contributed by atoms with E-state index in [0.29, 0.717) is 0 Å². The van der Waals surface area contributed by atoms with Gasteiger partial charge in [-0.2, -0.15) is 0 Å². The zero-order chi connectivity index (χ0) is 14.4. The number of rotatable bonds is 6. The minimum Gasteiger partial charge on any atom is -0.497 e. The first-order chi connectivity index (χ1) is 9.72. The molecule has 0 amide bonds. The summed E-state index contributed by atoms with van der Waals surface area (Å²) in [5.74, 6) is 0.902. The van der Waals surface area contributed by atoms with Crippen LogP contribution in [-0.4, -0.2) is 20.2 Å². The summed E-state index contributed by atoms with van der Waals surface area (Å²) in [5, 5.41) is 0. The molecule has 2 N–H and O–H groups in total. The standard InChI is InChI=1S/C17H22N2O/c1-3-19(16-8-6-15(18)7-9-16)13-12-14-4-10-17(20-2)11-5-14/h4-11H,3,12-13,18H2,1-2H3. The molecule has 0 bridgehead atoms. The molecule has 0 saturated heterocycles. The summed E-state index contributed by atoms with van der Waals surface area (Å²) in [5.41, 5.74) is 9.07. The monoisotopic (exact) mass is 270 g/mol. The van der Waals surface area contributed by atoms with Gasteiger partial charge >= 0.3 is 0 Å². The fourth-order valence-electron chi connectivity index (χ4n) is 2.21. The molecule has 2 rings (SSSR count). The number of methoxy groups -OCH3 is 1. The quantitative estimate of drug-likeness (QED) is 0.818. The van der Waals surface area contributed by atoms with E-state index in [4.69, 9.17) is 10.5 Å². The molecule has 0 spiro atoms. The molecule has 0 aromatic heterocycles. The second-order valence-electron chi connectivity index (χ2n) is 4.77. The van der Waals surface area contributed by atoms with Gasteiger partial charge < -0.3 is 15.4 Å². The minimum absolute atomic E-state index is 0.806. The number of anilines is 2. The highest BCUT2D eigenvalue weighted by atomic mass is 16.5. The molecule has 2 aromatic carbocycles. The van der Waals surface area contributed by atoms with Crippen molar-refractivity contribution >= 4 is 11.4 Å². The second-order valence-corrected chi connectivity index (χ2v) is 4.77. The SMILES string of the molecule is CCN(CCc1ccc(OC)cc1)c1ccc(N)cc1. The maximum absolute atomic E-state index is 5.73. The highest BCUT2D eigenvalue weighted by Crippen LogP contribution is 2.17. The van der Waals surface area contributed by atoms with E-state index in [1.54, 1.807) is 7.11 Å². The molecule has 0 heterocycles. The normalized spacial score (nSPS) is 10.3. The molecule has 0 atom stereocenters. The Hall–Kier alpha value is -2.16. The molecule has 3 nitrogen and oxygen atoms in total. The van der Waals surface area contributed by atoms with E-state index in [9.17, 15) is 0 Å². The molecule has 0 aliphatic carbocycles. The molecule has 0 aliphatic heterocycles. The van der Waals surface area contributed by atoms with Crippen LogP contribution in [-0.2, 0) is 6.42 Å². The molecule has 0 fully saturated rings. The van der Waals surface area contributed by atoms with Crippen LogP contribution in [0.1, 0.15) is 12.5 Å². The number of hydrogen-bond acceptors (Lipinski definition) is 3. The Morgan fingerprint density at radius 3 is 2.20 bits per heavy atom. The second kappa shape index (κ2) is 6.85. The van der Waals surface area contributed by atoms with Gasteiger partial charge in [0.05, 0.1) is 7.11 Å². The highest BCUT2D eigenvalue weighted by molar-refractivity contribution is 5.53. The molecule has 2 aromatic rings. The van der Waals surface area contributed by atoms with Crippen LogP contribution in [0.2, 0.25) is 0 Å². The highest BCUT2D eigenvalue weighted by Gasteiger charge is 2.04. The number of benzene rings is 2. The van der Waals surface area contributed by atoms with Crippen molar-refractivity contribution in [1.29, 1.82) is 0 Å². The van der Waals surface area contributed by atoms with Crippen molar-refractivity contribution < 1.29 is 4.74 Å². The predicted octanol–water partition coefficient (Wildman–Crippen LogP) is 3.35. The number of likely N-dealkylation sites (N-methyl/N-ethyl adjacent to an activating group) is 1. The van der Waals surface area contributed by atoms with E-state index in [-0.39, 0.29) is 0 Å². The van der Waals surface area contributed by atoms with Gasteiger partial charge in [-0.05, 0) is 55.3 Å². The van der Waals surface area contributed by atoms with Gasteiger partial charge in [0.2, 0.25) is 0 Å². The van der Waals surface area contributed by atoms with Crippen molar-refractivity contribution in [2.45, 2.75) is 13.3 Å². The lowest BCUT2D eigenvalue weighted by Crippen LogP contribution is -2.25. The van der Waals surface area contributed by atoms with E-state index >= 15 is 0 Å². The van der Waals surface area contributed by atoms with Crippen LogP contribution in [0.5, 0.6) is 5.75 Å². The topological polar surface area (TPSA) is 38.5 Å². The Bertz CT molecular complexity index is 520. The Balaban J connectivity index is 1.97. The van der Waals surface area contributed by atoms with Gasteiger partial charge in [-0.15, -0.1) is 0 Å². The van der Waals surface area contributed by atoms with Gasteiger partial charge in [0.1, 0.15) is 5.75 Å². The van der Waals surface area contributed by atoms with E-state index in [0.717, 1.165) is 30.9 Å². The van der Waals surface area contributed by atoms with Gasteiger partial charge in [-0.3, -0.25) is 0 Å². The van der Waals surface area contributed by atoms with E-state index in [1.165, 1.54) is 11.3 Å². The lowest BCUT2D eigenvalue weighted by Gasteiger charge is -2.23. The van der Waals surface area contributed by atoms with Crippen molar-refractivity contribution in [3.63, 3.8) is 0 Å². The average molecular weight is 270 g/mol. The molecule has 3 heteroatoms. The smallest absolute Gasteiger partial charge is 0.118 e. The van der Waals surface area contributed by atoms with Crippen molar-refractivity contribution in [1.82, 2.24) is 0 Å². The molecule has 0 radical (unpaired) electrons. The Kier molecular flexibility index (Phi) is 4.88. The van der Waals surface area contributed by atoms with E-state index in [1.807, 2.05) is 24.3 Å². The van der Waals surface area contributed by atoms with E-state index in [2.05, 4.69) is 36.1 Å². The third kappa shape index (κ3) is 3.67. The summed E-state index contributed by atoms with van der Waals surface area (Å²) in [6.45, 7) is 4.15. The van der Waals surface area contributed by atoms with Crippen LogP contribution >= 0.6 is 0 Å². The fraction of sp³-hybridized carbons (Fsp3) is 0.294. The average Bonchev–Trinajstić information content (AvgIpc) is 2.50. The number of nitrogens with zero attached hydrogens (tertiary/aromatic N) is 1. The van der Waals surface area contributed by atoms with Gasteiger partial charge in [-0.1, -0.05) is 12.1 Å². The third-order valence-electron chi connectivity index (χ3n) is 3.47. The molecular weight excluding hydrogens is 248 g/mol. The zero-order valence-electron chi connectivity index (χ0n) is 12.2. The summed E-state index contributed by atoms with van der Waals surface area (Å²) in [6.07, 6.45) is 1.02. The molecule has 106 valence electrons. The summed E-state index contributed by atoms with van der Waals surface area (Å²) in [4.78, 5) is 2.35. The van der Waals surface area contributed by atoms with Crippen molar-refractivity contribution in [2.24, 2.45) is 0 Å². The lowest BCUT2D eigenvalue weighted by molar-refractivity contribution is 0.414. The van der Waals surface area contributed by atoms with Crippen LogP contribution in [0.25, 0.3) is 0 Å². The number of nitrogens with two attached hydrogens (primary N) is 1. The van der Waals surface area contributed by atoms with Gasteiger partial charge in [-0.25, -0.2) is 0 Å². The van der Waals surface area contributed by atoms with Crippen molar-refractivity contribution in [2.75, 3.05) is 30.8 Å². The van der Waals surface area contributed by atoms with Crippen molar-refractivity contribution in [3.8, 4) is 5.75 Å². The van der Waals surface area contributed by atoms with Gasteiger partial charge in [0.15, 0.2) is 0 Å². The third-order valence-corrected chi connectivity index (χ3v) is 3.47. The molecule has 0 saturated carbocycles. The van der Waals surface area contributed by atoms with Crippen LogP contribution in [0.3, 0.4) is 0 Å². The molecule has 20 heavy (non-hydrogen) atoms. The summed E-state index contributed by atoms with van der Waals surface area (Å²) >= 11 is 0. The maximum atomic E-state index is 5.73. The summed E-state index contributed by atoms with van der Waals surface area (Å²) in [7, 11) is 1.69. The largest absolute Gasteiger partial charge is 0.497 e. The van der Waals surface area contributed by atoms with Crippen LogP contribution < -0.4 is 15.4 Å². The first-order valence-electron chi connectivity index (χ1n) is 6.96. The maximum Gasteiger partial charge on any atom is 0.118 e. The number of hydrogen-bond donors (Lipinski definition) is 1. The zero-order valence-corrected chi connectivity index (χ0v) is 12.2. The van der Waals surface area contributed by atoms with Crippen molar-refractivity contribution in [3.05, 3.63) is 54.1 Å². The minimum atomic E-state index is 0.806. The molecule has 0 aliphatic rings. The number of nitrogen functional groups attached to an aromatic ring is 1. The number of ether oxygens (including phenoxy) is 1. The Labute approximate surface area is 121 Å². The summed E-state index contributed by atoms with van der Waals surface area (Å²) in [6, 6.07) is 16.3. The molecule has 0 unspecified atom stereocenters. The summed E-state index contributed by atoms with van der Waals surface area (Å²) < 4.78 is 5.17. The van der Waals surface area contributed by atoms with Crippen LogP contribution in [0.4, 0.5) is 11.4 Å². The van der Waals surface area contributed by atoms with Gasteiger partial charge in [0, 0.05) is 24.5 Å². The van der Waals surface area contributed by atoms with Crippen LogP contribution in [0, 0.1) is 0 Å². The fourth-order valence-corrected chi connectivity index (χ4v) is 2.21. The van der Waals surface area contributed by atoms with E-state index < -0.39 is 0 Å². The molecular formula is C17H22N2O. The first-order valence-corrected chi connectivity index (χ1v) is 6.96. The van der Waals surface area contributed by atoms with Gasteiger partial charge in [0.25, 0.3) is 0 Å². The Morgan fingerprint density at radius 1 is 1.00 bits per heavy atom. The Morgan fingerprint density at radius 2 is 1.65 bits per heavy atom. The first kappa shape index (κ1) is 14.3. The van der Waals surface area contributed by atoms with Crippen LogP contribution in [0.15, 0.2) is 48.5 Å². The predicted molar refractivity (Wildman–Crippen MR) is 85.4 cm³/mol. The lowest BCUT2D eigenvalue weighted by atomic mass is 10.1.